The van der Waals surface area contributed by atoms with Crippen LogP contribution < -0.4 is 11.1 Å². The first kappa shape index (κ1) is 17.9. The van der Waals surface area contributed by atoms with E-state index in [1.165, 1.54) is 5.56 Å². The van der Waals surface area contributed by atoms with Gasteiger partial charge >= 0.3 is 0 Å². The monoisotopic (exact) mass is 286 g/mol. The second-order valence-electron chi connectivity index (χ2n) is 4.11. The van der Waals surface area contributed by atoms with E-state index in [-0.39, 0.29) is 24.9 Å². The zero-order chi connectivity index (χ0) is 13.1. The number of hydrogen-bond acceptors (Lipinski definition) is 3. The molecule has 1 aromatic carbocycles. The predicted molar refractivity (Wildman–Crippen MR) is 79.5 cm³/mol. The summed E-state index contributed by atoms with van der Waals surface area (Å²) in [6, 6.07) is 10.3. The quantitative estimate of drug-likeness (QED) is 0.677. The molecule has 0 aromatic heterocycles. The number of nitrogens with one attached hydrogen (secondary N) is 1. The number of carbonyl (C=O) groups excluding carboxylic acids is 1. The van der Waals surface area contributed by atoms with Crippen LogP contribution in [0.25, 0.3) is 0 Å². The van der Waals surface area contributed by atoms with E-state index in [2.05, 4.69) is 17.4 Å². The van der Waals surface area contributed by atoms with Crippen molar-refractivity contribution in [1.29, 1.82) is 0 Å². The molecule has 0 fully saturated rings. The van der Waals surface area contributed by atoms with Crippen molar-refractivity contribution in [3.63, 3.8) is 0 Å². The maximum atomic E-state index is 10.8. The van der Waals surface area contributed by atoms with Gasteiger partial charge < -0.3 is 15.8 Å². The first-order valence-electron chi connectivity index (χ1n) is 6.41. The second kappa shape index (κ2) is 12.0. The standard InChI is InChI=1S/C14H22N2O2.ClH/c15-12-14(17)16-9-4-5-10-18-11-8-13-6-2-1-3-7-13;/h1-3,6-7H,4-5,8-12,15H2,(H,16,17);1H. The number of unbranched alkanes of at least 4 members (excludes halogenated alkanes) is 1. The van der Waals surface area contributed by atoms with Crippen molar-refractivity contribution in [2.45, 2.75) is 19.3 Å². The number of amides is 1. The lowest BCUT2D eigenvalue weighted by molar-refractivity contribution is -0.119. The molecule has 1 rings (SSSR count). The number of benzene rings is 1. The van der Waals surface area contributed by atoms with Crippen LogP contribution >= 0.6 is 12.4 Å². The zero-order valence-electron chi connectivity index (χ0n) is 11.1. The van der Waals surface area contributed by atoms with Gasteiger partial charge in [0.2, 0.25) is 5.91 Å². The molecule has 3 N–H and O–H groups in total. The molecule has 0 atom stereocenters. The molecule has 0 unspecified atom stereocenters. The van der Waals surface area contributed by atoms with Crippen LogP contribution in [0, 0.1) is 0 Å². The largest absolute Gasteiger partial charge is 0.381 e. The van der Waals surface area contributed by atoms with Gasteiger partial charge in [-0.15, -0.1) is 12.4 Å². The molecule has 0 spiro atoms. The van der Waals surface area contributed by atoms with Crippen LogP contribution in [-0.4, -0.2) is 32.2 Å². The van der Waals surface area contributed by atoms with E-state index in [0.29, 0.717) is 6.54 Å². The highest BCUT2D eigenvalue weighted by molar-refractivity contribution is 5.85. The van der Waals surface area contributed by atoms with Crippen molar-refractivity contribution in [2.75, 3.05) is 26.3 Å². The van der Waals surface area contributed by atoms with Crippen LogP contribution in [-0.2, 0) is 16.0 Å². The molecule has 0 saturated carbocycles. The molecule has 4 nitrogen and oxygen atoms in total. The molecule has 0 aliphatic rings. The van der Waals surface area contributed by atoms with Crippen molar-refractivity contribution in [2.24, 2.45) is 5.73 Å². The van der Waals surface area contributed by atoms with Gasteiger partial charge in [-0.1, -0.05) is 30.3 Å². The highest BCUT2D eigenvalue weighted by Gasteiger charge is 1.96. The molecular formula is C14H23ClN2O2. The van der Waals surface area contributed by atoms with Crippen LogP contribution in [0.2, 0.25) is 0 Å². The third-order valence-corrected chi connectivity index (χ3v) is 2.60. The van der Waals surface area contributed by atoms with Crippen LogP contribution in [0.15, 0.2) is 30.3 Å². The van der Waals surface area contributed by atoms with Crippen LogP contribution in [0.5, 0.6) is 0 Å². The Balaban J connectivity index is 0.00000324. The summed E-state index contributed by atoms with van der Waals surface area (Å²) in [5.74, 6) is -0.0972. The fourth-order valence-electron chi connectivity index (χ4n) is 1.57. The Hall–Kier alpha value is -1.10. The smallest absolute Gasteiger partial charge is 0.233 e. The Morgan fingerprint density at radius 3 is 2.58 bits per heavy atom. The molecule has 1 amide bonds. The number of ether oxygens (including phenoxy) is 1. The average Bonchev–Trinajstić information content (AvgIpc) is 2.42. The third kappa shape index (κ3) is 9.47. The highest BCUT2D eigenvalue weighted by Crippen LogP contribution is 2.00. The van der Waals surface area contributed by atoms with Crippen LogP contribution in [0.3, 0.4) is 0 Å². The summed E-state index contributed by atoms with van der Waals surface area (Å²) >= 11 is 0. The molecule has 5 heteroatoms. The lowest BCUT2D eigenvalue weighted by atomic mass is 10.2. The van der Waals surface area contributed by atoms with Gasteiger partial charge in [0, 0.05) is 13.2 Å². The fraction of sp³-hybridized carbons (Fsp3) is 0.500. The van der Waals surface area contributed by atoms with E-state index in [1.807, 2.05) is 18.2 Å². The van der Waals surface area contributed by atoms with Gasteiger partial charge in [0.25, 0.3) is 0 Å². The van der Waals surface area contributed by atoms with Gasteiger partial charge in [0.15, 0.2) is 0 Å². The minimum absolute atomic E-state index is 0. The molecule has 0 radical (unpaired) electrons. The Bertz CT molecular complexity index is 333. The van der Waals surface area contributed by atoms with Gasteiger partial charge in [-0.05, 0) is 24.8 Å². The number of hydrogen-bond donors (Lipinski definition) is 2. The van der Waals surface area contributed by atoms with Crippen molar-refractivity contribution >= 4 is 18.3 Å². The maximum Gasteiger partial charge on any atom is 0.233 e. The Morgan fingerprint density at radius 1 is 1.16 bits per heavy atom. The first-order chi connectivity index (χ1) is 8.83. The Morgan fingerprint density at radius 2 is 1.89 bits per heavy atom. The number of nitrogens with two attached hydrogens (primary N) is 1. The zero-order valence-corrected chi connectivity index (χ0v) is 12.0. The third-order valence-electron chi connectivity index (χ3n) is 2.60. The minimum Gasteiger partial charge on any atom is -0.381 e. The summed E-state index contributed by atoms with van der Waals surface area (Å²) in [6.45, 7) is 2.23. The van der Waals surface area contributed by atoms with Crippen molar-refractivity contribution < 1.29 is 9.53 Å². The topological polar surface area (TPSA) is 64.4 Å². The molecule has 0 aliphatic carbocycles. The molecule has 19 heavy (non-hydrogen) atoms. The van der Waals surface area contributed by atoms with E-state index in [1.54, 1.807) is 0 Å². The first-order valence-corrected chi connectivity index (χ1v) is 6.41. The summed E-state index contributed by atoms with van der Waals surface area (Å²) in [4.78, 5) is 10.8. The van der Waals surface area contributed by atoms with E-state index < -0.39 is 0 Å². The van der Waals surface area contributed by atoms with Crippen molar-refractivity contribution in [1.82, 2.24) is 5.32 Å². The van der Waals surface area contributed by atoms with Crippen molar-refractivity contribution in [3.8, 4) is 0 Å². The second-order valence-corrected chi connectivity index (χ2v) is 4.11. The number of halogens is 1. The summed E-state index contributed by atoms with van der Waals surface area (Å²) in [6.07, 6.45) is 2.83. The van der Waals surface area contributed by atoms with Gasteiger partial charge in [-0.25, -0.2) is 0 Å². The molecule has 108 valence electrons. The molecule has 0 heterocycles. The minimum atomic E-state index is -0.0972. The molecule has 0 bridgehead atoms. The van der Waals surface area contributed by atoms with E-state index in [0.717, 1.165) is 32.5 Å². The van der Waals surface area contributed by atoms with Gasteiger partial charge in [-0.2, -0.15) is 0 Å². The van der Waals surface area contributed by atoms with Crippen LogP contribution in [0.4, 0.5) is 0 Å². The van der Waals surface area contributed by atoms with Gasteiger partial charge in [0.1, 0.15) is 0 Å². The molecule has 1 aromatic rings. The average molecular weight is 287 g/mol. The Labute approximate surface area is 121 Å². The summed E-state index contributed by atoms with van der Waals surface area (Å²) in [7, 11) is 0. The van der Waals surface area contributed by atoms with Crippen LogP contribution in [0.1, 0.15) is 18.4 Å². The highest BCUT2D eigenvalue weighted by atomic mass is 35.5. The SMILES string of the molecule is Cl.NCC(=O)NCCCCOCCc1ccccc1. The normalized spacial score (nSPS) is 9.74. The number of carbonyl (C=O) groups is 1. The molecule has 0 saturated heterocycles. The summed E-state index contributed by atoms with van der Waals surface area (Å²) < 4.78 is 5.53. The fourth-order valence-corrected chi connectivity index (χ4v) is 1.57. The lowest BCUT2D eigenvalue weighted by Gasteiger charge is -2.05. The van der Waals surface area contributed by atoms with Gasteiger partial charge in [-0.3, -0.25) is 4.79 Å². The van der Waals surface area contributed by atoms with Gasteiger partial charge in [0.05, 0.1) is 13.2 Å². The summed E-state index contributed by atoms with van der Waals surface area (Å²) in [5, 5.41) is 2.73. The van der Waals surface area contributed by atoms with Crippen molar-refractivity contribution in [3.05, 3.63) is 35.9 Å². The molecule has 0 aliphatic heterocycles. The Kier molecular flexibility index (Phi) is 11.3. The maximum absolute atomic E-state index is 10.8. The van der Waals surface area contributed by atoms with E-state index in [9.17, 15) is 4.79 Å². The summed E-state index contributed by atoms with van der Waals surface area (Å²) in [5.41, 5.74) is 6.47. The lowest BCUT2D eigenvalue weighted by Crippen LogP contribution is -2.31. The van der Waals surface area contributed by atoms with E-state index in [4.69, 9.17) is 10.5 Å². The predicted octanol–water partition coefficient (Wildman–Crippen LogP) is 1.52. The number of rotatable bonds is 9. The van der Waals surface area contributed by atoms with E-state index >= 15 is 0 Å². The molecular weight excluding hydrogens is 264 g/mol.